The van der Waals surface area contributed by atoms with E-state index in [0.29, 0.717) is 39.5 Å². The summed E-state index contributed by atoms with van der Waals surface area (Å²) in [5.74, 6) is 0.886. The average molecular weight is 535 g/mol. The van der Waals surface area contributed by atoms with Gasteiger partial charge in [-0.2, -0.15) is 9.78 Å². The molecule has 0 saturated carbocycles. The molecule has 178 valence electrons. The SMILES string of the molecule is COc1cccc(C=Nn2c(C)nc3ccc(Br)cc3c2=O)c1OCC(=O)Nc1ccccc1C. The molecule has 9 heteroatoms. The Hall–Kier alpha value is -3.98. The van der Waals surface area contributed by atoms with E-state index in [0.717, 1.165) is 10.0 Å². The summed E-state index contributed by atoms with van der Waals surface area (Å²) in [5.41, 5.74) is 2.49. The number of hydrogen-bond acceptors (Lipinski definition) is 6. The lowest BCUT2D eigenvalue weighted by molar-refractivity contribution is -0.118. The highest BCUT2D eigenvalue weighted by molar-refractivity contribution is 9.10. The van der Waals surface area contributed by atoms with Crippen LogP contribution in [0.4, 0.5) is 5.69 Å². The van der Waals surface area contributed by atoms with Crippen LogP contribution in [0.5, 0.6) is 11.5 Å². The number of halogens is 1. The number of fused-ring (bicyclic) bond motifs is 1. The Balaban J connectivity index is 1.61. The summed E-state index contributed by atoms with van der Waals surface area (Å²) in [5, 5.41) is 7.64. The van der Waals surface area contributed by atoms with Gasteiger partial charge in [-0.15, -0.1) is 0 Å². The number of amides is 1. The van der Waals surface area contributed by atoms with Crippen molar-refractivity contribution in [2.45, 2.75) is 13.8 Å². The van der Waals surface area contributed by atoms with Crippen LogP contribution in [-0.2, 0) is 4.79 Å². The first-order valence-electron chi connectivity index (χ1n) is 10.8. The van der Waals surface area contributed by atoms with Crippen LogP contribution >= 0.6 is 15.9 Å². The van der Waals surface area contributed by atoms with Gasteiger partial charge in [-0.25, -0.2) is 4.98 Å². The molecule has 1 aromatic heterocycles. The van der Waals surface area contributed by atoms with Gasteiger partial charge in [0.25, 0.3) is 11.5 Å². The first kappa shape index (κ1) is 24.2. The number of methoxy groups -OCH3 is 1. The number of benzene rings is 3. The van der Waals surface area contributed by atoms with Crippen LogP contribution in [0.15, 0.2) is 75.0 Å². The molecule has 1 amide bonds. The topological polar surface area (TPSA) is 94.8 Å². The molecule has 0 saturated heterocycles. The minimum atomic E-state index is -0.315. The van der Waals surface area contributed by atoms with E-state index >= 15 is 0 Å². The first-order valence-corrected chi connectivity index (χ1v) is 11.5. The summed E-state index contributed by atoms with van der Waals surface area (Å²) in [6.45, 7) is 3.38. The molecule has 0 spiro atoms. The molecule has 4 rings (SSSR count). The van der Waals surface area contributed by atoms with Crippen LogP contribution in [-0.4, -0.2) is 35.5 Å². The van der Waals surface area contributed by atoms with Gasteiger partial charge < -0.3 is 14.8 Å². The maximum absolute atomic E-state index is 13.0. The van der Waals surface area contributed by atoms with E-state index in [-0.39, 0.29) is 18.1 Å². The molecule has 3 aromatic carbocycles. The second-order valence-corrected chi connectivity index (χ2v) is 8.63. The number of rotatable bonds is 7. The number of carbonyl (C=O) groups excluding carboxylic acids is 1. The van der Waals surface area contributed by atoms with Crippen LogP contribution in [0.25, 0.3) is 10.9 Å². The van der Waals surface area contributed by atoms with Gasteiger partial charge >= 0.3 is 0 Å². The molecule has 1 heterocycles. The highest BCUT2D eigenvalue weighted by atomic mass is 79.9. The number of nitrogens with one attached hydrogen (secondary N) is 1. The third kappa shape index (κ3) is 5.41. The molecular weight excluding hydrogens is 512 g/mol. The van der Waals surface area contributed by atoms with E-state index in [1.165, 1.54) is 18.0 Å². The van der Waals surface area contributed by atoms with Gasteiger partial charge in [0.1, 0.15) is 5.82 Å². The maximum Gasteiger partial charge on any atom is 0.282 e. The first-order chi connectivity index (χ1) is 16.9. The van der Waals surface area contributed by atoms with Gasteiger partial charge in [0.05, 0.1) is 24.2 Å². The number of aromatic nitrogens is 2. The van der Waals surface area contributed by atoms with E-state index in [4.69, 9.17) is 9.47 Å². The molecule has 0 aliphatic heterocycles. The molecular formula is C26H23BrN4O4. The van der Waals surface area contributed by atoms with Crippen LogP contribution < -0.4 is 20.3 Å². The van der Waals surface area contributed by atoms with Crippen molar-refractivity contribution in [2.24, 2.45) is 5.10 Å². The van der Waals surface area contributed by atoms with Crippen molar-refractivity contribution >= 4 is 44.6 Å². The smallest absolute Gasteiger partial charge is 0.282 e. The third-order valence-corrected chi connectivity index (χ3v) is 5.77. The zero-order valence-electron chi connectivity index (χ0n) is 19.4. The zero-order chi connectivity index (χ0) is 24.9. The van der Waals surface area contributed by atoms with Crippen LogP contribution in [0.3, 0.4) is 0 Å². The fraction of sp³-hybridized carbons (Fsp3) is 0.154. The van der Waals surface area contributed by atoms with E-state index in [2.05, 4.69) is 31.3 Å². The largest absolute Gasteiger partial charge is 0.493 e. The normalized spacial score (nSPS) is 11.1. The molecule has 35 heavy (non-hydrogen) atoms. The van der Waals surface area contributed by atoms with E-state index in [1.54, 1.807) is 37.3 Å². The van der Waals surface area contributed by atoms with Crippen molar-refractivity contribution in [3.05, 3.63) is 92.4 Å². The number of ether oxygens (including phenoxy) is 2. The molecule has 0 unspecified atom stereocenters. The number of aryl methyl sites for hydroxylation is 2. The number of hydrogen-bond donors (Lipinski definition) is 1. The zero-order valence-corrected chi connectivity index (χ0v) is 21.0. The minimum Gasteiger partial charge on any atom is -0.493 e. The second kappa shape index (κ2) is 10.5. The molecule has 4 aromatic rings. The summed E-state index contributed by atoms with van der Waals surface area (Å²) < 4.78 is 13.3. The molecule has 0 radical (unpaired) electrons. The van der Waals surface area contributed by atoms with Gasteiger partial charge in [0.15, 0.2) is 18.1 Å². The lowest BCUT2D eigenvalue weighted by Gasteiger charge is -2.14. The standard InChI is InChI=1S/C26H23BrN4O4/c1-16-7-4-5-9-21(16)30-24(32)15-35-25-18(8-6-10-23(25)34-3)14-28-31-17(2)29-22-12-11-19(27)13-20(22)26(31)33/h4-14H,15H2,1-3H3,(H,30,32). The summed E-state index contributed by atoms with van der Waals surface area (Å²) >= 11 is 3.39. The molecule has 1 N–H and O–H groups in total. The second-order valence-electron chi connectivity index (χ2n) is 7.71. The Bertz CT molecular complexity index is 1500. The van der Waals surface area contributed by atoms with Crippen LogP contribution in [0.2, 0.25) is 0 Å². The van der Waals surface area contributed by atoms with Crippen molar-refractivity contribution in [1.82, 2.24) is 9.66 Å². The van der Waals surface area contributed by atoms with Crippen molar-refractivity contribution in [1.29, 1.82) is 0 Å². The molecule has 0 aliphatic rings. The Morgan fingerprint density at radius 3 is 2.71 bits per heavy atom. The predicted molar refractivity (Wildman–Crippen MR) is 140 cm³/mol. The highest BCUT2D eigenvalue weighted by Crippen LogP contribution is 2.30. The van der Waals surface area contributed by atoms with Crippen LogP contribution in [0.1, 0.15) is 17.0 Å². The van der Waals surface area contributed by atoms with Crippen LogP contribution in [0, 0.1) is 13.8 Å². The predicted octanol–water partition coefficient (Wildman–Crippen LogP) is 4.68. The molecule has 0 fully saturated rings. The minimum absolute atomic E-state index is 0.236. The van der Waals surface area contributed by atoms with Crippen molar-refractivity contribution in [3.63, 3.8) is 0 Å². The van der Waals surface area contributed by atoms with Gasteiger partial charge in [0, 0.05) is 15.7 Å². The Labute approximate surface area is 210 Å². The fourth-order valence-corrected chi connectivity index (χ4v) is 3.86. The van der Waals surface area contributed by atoms with Gasteiger partial charge in [-0.1, -0.05) is 40.2 Å². The number of nitrogens with zero attached hydrogens (tertiary/aromatic N) is 3. The van der Waals surface area contributed by atoms with Gasteiger partial charge in [-0.05, 0) is 55.8 Å². The van der Waals surface area contributed by atoms with Gasteiger partial charge in [0.2, 0.25) is 0 Å². The lowest BCUT2D eigenvalue weighted by Crippen LogP contribution is -2.21. The van der Waals surface area contributed by atoms with Crippen molar-refractivity contribution in [3.8, 4) is 11.5 Å². The van der Waals surface area contributed by atoms with Crippen molar-refractivity contribution in [2.75, 3.05) is 19.0 Å². The maximum atomic E-state index is 13.0. The highest BCUT2D eigenvalue weighted by Gasteiger charge is 2.13. The molecule has 0 atom stereocenters. The summed E-state index contributed by atoms with van der Waals surface area (Å²) in [7, 11) is 1.51. The summed E-state index contributed by atoms with van der Waals surface area (Å²) in [6.07, 6.45) is 1.48. The van der Waals surface area contributed by atoms with Gasteiger partial charge in [-0.3, -0.25) is 9.59 Å². The third-order valence-electron chi connectivity index (χ3n) is 5.28. The molecule has 0 aliphatic carbocycles. The lowest BCUT2D eigenvalue weighted by atomic mass is 10.2. The number of anilines is 1. The van der Waals surface area contributed by atoms with E-state index in [1.807, 2.05) is 37.3 Å². The monoisotopic (exact) mass is 534 g/mol. The van der Waals surface area contributed by atoms with Crippen molar-refractivity contribution < 1.29 is 14.3 Å². The number of para-hydroxylation sites is 2. The van der Waals surface area contributed by atoms with E-state index < -0.39 is 0 Å². The Morgan fingerprint density at radius 2 is 1.94 bits per heavy atom. The summed E-state index contributed by atoms with van der Waals surface area (Å²) in [6, 6.07) is 18.1. The average Bonchev–Trinajstić information content (AvgIpc) is 2.84. The molecule has 0 bridgehead atoms. The van der Waals surface area contributed by atoms with E-state index in [9.17, 15) is 9.59 Å². The quantitative estimate of drug-likeness (QED) is 0.347. The fourth-order valence-electron chi connectivity index (χ4n) is 3.50. The number of carbonyl (C=O) groups is 1. The summed E-state index contributed by atoms with van der Waals surface area (Å²) in [4.78, 5) is 30.0. The molecule has 8 nitrogen and oxygen atoms in total. The Morgan fingerprint density at radius 1 is 1.14 bits per heavy atom. The Kier molecular flexibility index (Phi) is 7.26.